The molecule has 5 nitrogen and oxygen atoms in total. The summed E-state index contributed by atoms with van der Waals surface area (Å²) in [6.07, 6.45) is 4.64. The van der Waals surface area contributed by atoms with Crippen molar-refractivity contribution in [2.75, 3.05) is 39.6 Å². The van der Waals surface area contributed by atoms with E-state index in [2.05, 4.69) is 0 Å². The average Bonchev–Trinajstić information content (AvgIpc) is 2.55. The minimum atomic E-state index is -0.380. The molecule has 0 rings (SSSR count). The lowest BCUT2D eigenvalue weighted by Crippen LogP contribution is -2.30. The first-order valence-electron chi connectivity index (χ1n) is 8.08. The van der Waals surface area contributed by atoms with E-state index in [-0.39, 0.29) is 37.3 Å². The topological polar surface area (TPSA) is 90.2 Å². The Balaban J connectivity index is 3.78. The molecule has 0 aliphatic rings. The van der Waals surface area contributed by atoms with Crippen molar-refractivity contribution < 1.29 is 25.2 Å². The molecule has 0 radical (unpaired) electrons. The zero-order valence-electron chi connectivity index (χ0n) is 13.7. The van der Waals surface area contributed by atoms with Gasteiger partial charge in [0, 0.05) is 24.0 Å². The van der Waals surface area contributed by atoms with Gasteiger partial charge < -0.3 is 25.2 Å². The van der Waals surface area contributed by atoms with Crippen LogP contribution in [0.2, 0.25) is 0 Å². The van der Waals surface area contributed by atoms with E-state index in [9.17, 15) is 20.4 Å². The molecule has 0 spiro atoms. The molecular weight excluding hydrogens is 272 g/mol. The van der Waals surface area contributed by atoms with E-state index in [0.29, 0.717) is 13.2 Å². The van der Waals surface area contributed by atoms with Gasteiger partial charge in [-0.15, -0.1) is 0 Å². The number of aliphatic hydroxyl groups is 4. The van der Waals surface area contributed by atoms with Crippen LogP contribution in [0, 0.1) is 10.8 Å². The van der Waals surface area contributed by atoms with Crippen molar-refractivity contribution in [3.63, 3.8) is 0 Å². The van der Waals surface area contributed by atoms with Crippen LogP contribution >= 0.6 is 0 Å². The maximum absolute atomic E-state index is 9.34. The van der Waals surface area contributed by atoms with Gasteiger partial charge in [-0.2, -0.15) is 0 Å². The van der Waals surface area contributed by atoms with E-state index < -0.39 is 0 Å². The Hall–Kier alpha value is -0.200. The summed E-state index contributed by atoms with van der Waals surface area (Å²) in [7, 11) is 0. The molecule has 0 aromatic rings. The van der Waals surface area contributed by atoms with Crippen molar-refractivity contribution in [3.05, 3.63) is 0 Å². The highest BCUT2D eigenvalue weighted by Gasteiger charge is 2.26. The predicted molar refractivity (Wildman–Crippen MR) is 83.1 cm³/mol. The number of hydrogen-bond acceptors (Lipinski definition) is 5. The number of rotatable bonds is 14. The Morgan fingerprint density at radius 3 is 1.24 bits per heavy atom. The first-order valence-corrected chi connectivity index (χ1v) is 8.08. The maximum Gasteiger partial charge on any atom is 0.0509 e. The smallest absolute Gasteiger partial charge is 0.0509 e. The molecule has 0 bridgehead atoms. The quantitative estimate of drug-likeness (QED) is 0.363. The van der Waals surface area contributed by atoms with Crippen LogP contribution in [0.4, 0.5) is 0 Å². The molecule has 0 aliphatic heterocycles. The van der Waals surface area contributed by atoms with Gasteiger partial charge in [0.05, 0.1) is 26.4 Å². The Labute approximate surface area is 129 Å². The standard InChI is InChI=1S/C16H34O5/c1-3-15(11-17,12-18)7-5-9-21-10-6-8-16(4-2,13-19)14-20/h17-20H,3-14H2,1-2H3. The number of hydrogen-bond donors (Lipinski definition) is 4. The van der Waals surface area contributed by atoms with Gasteiger partial charge in [0.1, 0.15) is 0 Å². The van der Waals surface area contributed by atoms with Crippen molar-refractivity contribution in [1.29, 1.82) is 0 Å². The summed E-state index contributed by atoms with van der Waals surface area (Å²) in [5, 5.41) is 37.4. The molecule has 5 heteroatoms. The van der Waals surface area contributed by atoms with Crippen LogP contribution in [0.5, 0.6) is 0 Å². The molecule has 0 fully saturated rings. The van der Waals surface area contributed by atoms with Crippen LogP contribution in [0.3, 0.4) is 0 Å². The third kappa shape index (κ3) is 7.06. The van der Waals surface area contributed by atoms with Crippen LogP contribution < -0.4 is 0 Å². The van der Waals surface area contributed by atoms with Crippen LogP contribution in [0.1, 0.15) is 52.4 Å². The molecule has 0 aliphatic carbocycles. The molecule has 0 unspecified atom stereocenters. The van der Waals surface area contributed by atoms with E-state index >= 15 is 0 Å². The molecule has 0 heterocycles. The maximum atomic E-state index is 9.34. The molecule has 0 saturated heterocycles. The number of aliphatic hydroxyl groups excluding tert-OH is 4. The summed E-state index contributed by atoms with van der Waals surface area (Å²) in [4.78, 5) is 0. The fourth-order valence-electron chi connectivity index (χ4n) is 2.42. The zero-order valence-corrected chi connectivity index (χ0v) is 13.7. The Morgan fingerprint density at radius 1 is 0.667 bits per heavy atom. The van der Waals surface area contributed by atoms with Crippen LogP contribution in [-0.4, -0.2) is 60.1 Å². The monoisotopic (exact) mass is 306 g/mol. The first-order chi connectivity index (χ1) is 10.1. The molecule has 4 N–H and O–H groups in total. The van der Waals surface area contributed by atoms with Gasteiger partial charge in [0.2, 0.25) is 0 Å². The van der Waals surface area contributed by atoms with Crippen LogP contribution in [0.15, 0.2) is 0 Å². The van der Waals surface area contributed by atoms with E-state index in [1.54, 1.807) is 0 Å². The SMILES string of the molecule is CCC(CO)(CO)CCCOCCCC(CC)(CO)CO. The fourth-order valence-corrected chi connectivity index (χ4v) is 2.42. The molecule has 0 aromatic heterocycles. The van der Waals surface area contributed by atoms with Crippen molar-refractivity contribution in [2.45, 2.75) is 52.4 Å². The normalized spacial score (nSPS) is 12.9. The van der Waals surface area contributed by atoms with E-state index in [0.717, 1.165) is 38.5 Å². The van der Waals surface area contributed by atoms with Gasteiger partial charge in [0.15, 0.2) is 0 Å². The molecule has 0 aromatic carbocycles. The van der Waals surface area contributed by atoms with E-state index in [4.69, 9.17) is 4.74 Å². The lowest BCUT2D eigenvalue weighted by Gasteiger charge is -2.28. The zero-order chi connectivity index (χ0) is 16.2. The van der Waals surface area contributed by atoms with Gasteiger partial charge in [-0.25, -0.2) is 0 Å². The third-order valence-electron chi connectivity index (χ3n) is 4.83. The third-order valence-corrected chi connectivity index (χ3v) is 4.83. The van der Waals surface area contributed by atoms with Gasteiger partial charge in [-0.3, -0.25) is 0 Å². The van der Waals surface area contributed by atoms with Gasteiger partial charge in [-0.1, -0.05) is 13.8 Å². The van der Waals surface area contributed by atoms with Crippen LogP contribution in [-0.2, 0) is 4.74 Å². The number of ether oxygens (including phenoxy) is 1. The molecule has 0 saturated carbocycles. The highest BCUT2D eigenvalue weighted by atomic mass is 16.5. The summed E-state index contributed by atoms with van der Waals surface area (Å²) < 4.78 is 5.56. The van der Waals surface area contributed by atoms with Crippen molar-refractivity contribution >= 4 is 0 Å². The summed E-state index contributed by atoms with van der Waals surface area (Å²) in [6, 6.07) is 0. The summed E-state index contributed by atoms with van der Waals surface area (Å²) in [6.45, 7) is 5.19. The van der Waals surface area contributed by atoms with E-state index in [1.165, 1.54) is 0 Å². The first kappa shape index (κ1) is 20.8. The molecule has 0 atom stereocenters. The Bertz CT molecular complexity index is 196. The predicted octanol–water partition coefficient (Wildman–Crippen LogP) is 1.33. The average molecular weight is 306 g/mol. The van der Waals surface area contributed by atoms with E-state index in [1.807, 2.05) is 13.8 Å². The molecule has 0 amide bonds. The lowest BCUT2D eigenvalue weighted by atomic mass is 9.82. The second kappa shape index (κ2) is 11.4. The second-order valence-corrected chi connectivity index (χ2v) is 6.16. The van der Waals surface area contributed by atoms with Gasteiger partial charge >= 0.3 is 0 Å². The van der Waals surface area contributed by atoms with Gasteiger partial charge in [0.25, 0.3) is 0 Å². The minimum absolute atomic E-state index is 0.00597. The highest BCUT2D eigenvalue weighted by molar-refractivity contribution is 4.77. The fraction of sp³-hybridized carbons (Fsp3) is 1.00. The summed E-state index contributed by atoms with van der Waals surface area (Å²) in [5.41, 5.74) is -0.761. The Morgan fingerprint density at radius 2 is 1.00 bits per heavy atom. The summed E-state index contributed by atoms with van der Waals surface area (Å²) in [5.74, 6) is 0. The van der Waals surface area contributed by atoms with Gasteiger partial charge in [-0.05, 0) is 38.5 Å². The van der Waals surface area contributed by atoms with Crippen molar-refractivity contribution in [3.8, 4) is 0 Å². The Kier molecular flexibility index (Phi) is 11.3. The highest BCUT2D eigenvalue weighted by Crippen LogP contribution is 2.28. The summed E-state index contributed by atoms with van der Waals surface area (Å²) >= 11 is 0. The van der Waals surface area contributed by atoms with Crippen molar-refractivity contribution in [1.82, 2.24) is 0 Å². The second-order valence-electron chi connectivity index (χ2n) is 6.16. The largest absolute Gasteiger partial charge is 0.396 e. The van der Waals surface area contributed by atoms with Crippen LogP contribution in [0.25, 0.3) is 0 Å². The minimum Gasteiger partial charge on any atom is -0.396 e. The molecule has 21 heavy (non-hydrogen) atoms. The van der Waals surface area contributed by atoms with Crippen molar-refractivity contribution in [2.24, 2.45) is 10.8 Å². The molecule has 128 valence electrons. The lowest BCUT2D eigenvalue weighted by molar-refractivity contribution is 0.0229. The molecular formula is C16H34O5.